The van der Waals surface area contributed by atoms with Crippen LogP contribution in [0.2, 0.25) is 0 Å². The molecule has 2 aliphatic rings. The molecule has 29 heavy (non-hydrogen) atoms. The third kappa shape index (κ3) is 3.47. The smallest absolute Gasteiger partial charge is 0.250 e. The Hall–Kier alpha value is -2.92. The number of piperidine rings is 1. The van der Waals surface area contributed by atoms with Gasteiger partial charge in [0.1, 0.15) is 5.75 Å². The van der Waals surface area contributed by atoms with Gasteiger partial charge >= 0.3 is 0 Å². The summed E-state index contributed by atoms with van der Waals surface area (Å²) in [5.41, 5.74) is 4.70. The summed E-state index contributed by atoms with van der Waals surface area (Å²) in [4.78, 5) is 19.7. The highest BCUT2D eigenvalue weighted by atomic mass is 16.5. The summed E-state index contributed by atoms with van der Waals surface area (Å²) in [7, 11) is 1.68. The maximum Gasteiger partial charge on any atom is 0.250 e. The molecule has 0 N–H and O–H groups in total. The quantitative estimate of drug-likeness (QED) is 0.687. The molecule has 2 aromatic heterocycles. The van der Waals surface area contributed by atoms with Crippen molar-refractivity contribution in [3.63, 3.8) is 0 Å². The molecule has 1 aromatic carbocycles. The lowest BCUT2D eigenvalue weighted by Crippen LogP contribution is -2.47. The highest BCUT2D eigenvalue weighted by Crippen LogP contribution is 2.40. The lowest BCUT2D eigenvalue weighted by molar-refractivity contribution is 0.113. The van der Waals surface area contributed by atoms with Crippen molar-refractivity contribution >= 4 is 0 Å². The monoisotopic (exact) mass is 387 g/mol. The first kappa shape index (κ1) is 18.1. The van der Waals surface area contributed by atoms with Crippen molar-refractivity contribution in [1.82, 2.24) is 14.5 Å². The van der Waals surface area contributed by atoms with Gasteiger partial charge in [-0.05, 0) is 48.2 Å². The SMILES string of the molecule is COc1ccc(-c2ccc(=O)n3c2C2CC(CN(Cc4ccccn4)C2)C3)cc1. The summed E-state index contributed by atoms with van der Waals surface area (Å²) >= 11 is 0. The summed E-state index contributed by atoms with van der Waals surface area (Å²) in [6.45, 7) is 3.64. The van der Waals surface area contributed by atoms with E-state index in [4.69, 9.17) is 4.74 Å². The molecule has 0 aliphatic carbocycles. The second-order valence-corrected chi connectivity index (χ2v) is 8.12. The Morgan fingerprint density at radius 1 is 1.03 bits per heavy atom. The number of aromatic nitrogens is 2. The van der Waals surface area contributed by atoms with Gasteiger partial charge < -0.3 is 9.30 Å². The highest BCUT2D eigenvalue weighted by Gasteiger charge is 2.36. The zero-order valence-electron chi connectivity index (χ0n) is 16.6. The van der Waals surface area contributed by atoms with E-state index in [0.29, 0.717) is 11.8 Å². The van der Waals surface area contributed by atoms with E-state index in [9.17, 15) is 4.79 Å². The number of hydrogen-bond acceptors (Lipinski definition) is 4. The van der Waals surface area contributed by atoms with Crippen LogP contribution >= 0.6 is 0 Å². The molecule has 5 heteroatoms. The van der Waals surface area contributed by atoms with Crippen molar-refractivity contribution in [2.24, 2.45) is 5.92 Å². The largest absolute Gasteiger partial charge is 0.497 e. The Labute approximate surface area is 170 Å². The van der Waals surface area contributed by atoms with Crippen LogP contribution in [0.3, 0.4) is 0 Å². The topological polar surface area (TPSA) is 47.4 Å². The average Bonchev–Trinajstić information content (AvgIpc) is 2.75. The van der Waals surface area contributed by atoms with Crippen molar-refractivity contribution in [3.8, 4) is 16.9 Å². The number of rotatable bonds is 4. The van der Waals surface area contributed by atoms with E-state index in [1.54, 1.807) is 13.2 Å². The van der Waals surface area contributed by atoms with Crippen LogP contribution in [0.5, 0.6) is 5.75 Å². The van der Waals surface area contributed by atoms with Crippen molar-refractivity contribution in [1.29, 1.82) is 0 Å². The number of fused-ring (bicyclic) bond motifs is 4. The zero-order valence-corrected chi connectivity index (χ0v) is 16.6. The number of pyridine rings is 2. The van der Waals surface area contributed by atoms with Gasteiger partial charge in [0, 0.05) is 55.6 Å². The van der Waals surface area contributed by atoms with Gasteiger partial charge in [-0.3, -0.25) is 14.7 Å². The fourth-order valence-electron chi connectivity index (χ4n) is 4.98. The minimum atomic E-state index is 0.116. The van der Waals surface area contributed by atoms with Crippen LogP contribution in [0.15, 0.2) is 65.6 Å². The molecule has 3 aromatic rings. The minimum absolute atomic E-state index is 0.116. The standard InChI is InChI=1S/C24H25N3O2/c1-29-21-7-5-18(6-8-21)22-9-10-23(28)27-14-17-12-19(24(22)27)15-26(13-17)16-20-4-2-3-11-25-20/h2-11,17,19H,12-16H2,1H3. The van der Waals surface area contributed by atoms with E-state index < -0.39 is 0 Å². The molecule has 2 bridgehead atoms. The van der Waals surface area contributed by atoms with Crippen molar-refractivity contribution in [2.45, 2.75) is 25.4 Å². The zero-order chi connectivity index (χ0) is 19.8. The Kier molecular flexibility index (Phi) is 4.68. The van der Waals surface area contributed by atoms with E-state index in [0.717, 1.165) is 55.2 Å². The third-order valence-corrected chi connectivity index (χ3v) is 6.18. The molecular weight excluding hydrogens is 362 g/mol. The summed E-state index contributed by atoms with van der Waals surface area (Å²) < 4.78 is 7.33. The Morgan fingerprint density at radius 2 is 1.90 bits per heavy atom. The number of methoxy groups -OCH3 is 1. The van der Waals surface area contributed by atoms with Crippen LogP contribution in [0.4, 0.5) is 0 Å². The molecule has 5 nitrogen and oxygen atoms in total. The Bertz CT molecular complexity index is 1060. The number of hydrogen-bond donors (Lipinski definition) is 0. The van der Waals surface area contributed by atoms with E-state index in [1.807, 2.05) is 41.1 Å². The van der Waals surface area contributed by atoms with Crippen molar-refractivity contribution < 1.29 is 4.74 Å². The minimum Gasteiger partial charge on any atom is -0.497 e. The fraction of sp³-hybridized carbons (Fsp3) is 0.333. The van der Waals surface area contributed by atoms with Crippen molar-refractivity contribution in [3.05, 3.63) is 82.5 Å². The van der Waals surface area contributed by atoms with Gasteiger partial charge in [-0.25, -0.2) is 0 Å². The molecule has 0 spiro atoms. The number of benzene rings is 1. The maximum absolute atomic E-state index is 12.7. The second kappa shape index (κ2) is 7.48. The van der Waals surface area contributed by atoms with E-state index in [1.165, 1.54) is 5.69 Å². The van der Waals surface area contributed by atoms with Crippen LogP contribution in [0, 0.1) is 5.92 Å². The van der Waals surface area contributed by atoms with Gasteiger partial charge in [-0.1, -0.05) is 18.2 Å². The molecule has 4 heterocycles. The van der Waals surface area contributed by atoms with Gasteiger partial charge in [-0.2, -0.15) is 0 Å². The Morgan fingerprint density at radius 3 is 2.66 bits per heavy atom. The lowest BCUT2D eigenvalue weighted by atomic mass is 9.80. The molecular formula is C24H25N3O2. The maximum atomic E-state index is 12.7. The molecule has 2 atom stereocenters. The van der Waals surface area contributed by atoms with Gasteiger partial charge in [0.15, 0.2) is 0 Å². The van der Waals surface area contributed by atoms with Gasteiger partial charge in [0.05, 0.1) is 12.8 Å². The van der Waals surface area contributed by atoms with E-state index >= 15 is 0 Å². The molecule has 1 saturated heterocycles. The average molecular weight is 387 g/mol. The summed E-state index contributed by atoms with van der Waals surface area (Å²) in [6.07, 6.45) is 3.00. The van der Waals surface area contributed by atoms with Gasteiger partial charge in [-0.15, -0.1) is 0 Å². The molecule has 148 valence electrons. The number of likely N-dealkylation sites (tertiary alicyclic amines) is 1. The van der Waals surface area contributed by atoms with E-state index in [2.05, 4.69) is 28.1 Å². The predicted molar refractivity (Wildman–Crippen MR) is 113 cm³/mol. The van der Waals surface area contributed by atoms with Crippen LogP contribution in [0.25, 0.3) is 11.1 Å². The normalized spacial score (nSPS) is 20.9. The molecule has 0 amide bonds. The molecule has 5 rings (SSSR count). The first-order chi connectivity index (χ1) is 14.2. The van der Waals surface area contributed by atoms with Crippen molar-refractivity contribution in [2.75, 3.05) is 20.2 Å². The molecule has 0 saturated carbocycles. The first-order valence-electron chi connectivity index (χ1n) is 10.2. The highest BCUT2D eigenvalue weighted by molar-refractivity contribution is 5.67. The van der Waals surface area contributed by atoms with Crippen LogP contribution in [-0.2, 0) is 13.1 Å². The number of ether oxygens (including phenoxy) is 1. The lowest BCUT2D eigenvalue weighted by Gasteiger charge is -2.43. The molecule has 0 radical (unpaired) electrons. The van der Waals surface area contributed by atoms with Gasteiger partial charge in [0.25, 0.3) is 5.56 Å². The predicted octanol–water partition coefficient (Wildman–Crippen LogP) is 3.54. The first-order valence-corrected chi connectivity index (χ1v) is 10.2. The molecule has 1 fully saturated rings. The van der Waals surface area contributed by atoms with Crippen LogP contribution in [0.1, 0.15) is 23.7 Å². The van der Waals surface area contributed by atoms with Crippen LogP contribution < -0.4 is 10.3 Å². The molecule has 2 unspecified atom stereocenters. The fourth-order valence-corrected chi connectivity index (χ4v) is 4.98. The molecule has 2 aliphatic heterocycles. The van der Waals surface area contributed by atoms with Gasteiger partial charge in [0.2, 0.25) is 0 Å². The summed E-state index contributed by atoms with van der Waals surface area (Å²) in [5.74, 6) is 1.71. The van der Waals surface area contributed by atoms with Crippen LogP contribution in [-0.4, -0.2) is 34.7 Å². The summed E-state index contributed by atoms with van der Waals surface area (Å²) in [5, 5.41) is 0. The summed E-state index contributed by atoms with van der Waals surface area (Å²) in [6, 6.07) is 17.9. The third-order valence-electron chi connectivity index (χ3n) is 6.18. The Balaban J connectivity index is 1.50. The second-order valence-electron chi connectivity index (χ2n) is 8.12. The number of nitrogens with zero attached hydrogens (tertiary/aromatic N) is 3. The van der Waals surface area contributed by atoms with E-state index in [-0.39, 0.29) is 5.56 Å².